The Balaban J connectivity index is 1.45. The molecule has 0 spiro atoms. The van der Waals surface area contributed by atoms with Crippen LogP contribution in [0.3, 0.4) is 0 Å². The first kappa shape index (κ1) is 17.8. The molecular formula is C21H22N4OS. The summed E-state index contributed by atoms with van der Waals surface area (Å²) in [4.78, 5) is 26.9. The van der Waals surface area contributed by atoms with Crippen LogP contribution < -0.4 is 4.90 Å². The van der Waals surface area contributed by atoms with Gasteiger partial charge in [0.1, 0.15) is 0 Å². The number of aromatic nitrogens is 2. The molecule has 6 heteroatoms. The van der Waals surface area contributed by atoms with Crippen LogP contribution in [0.15, 0.2) is 54.2 Å². The third kappa shape index (κ3) is 3.77. The van der Waals surface area contributed by atoms with Gasteiger partial charge in [0.05, 0.1) is 11.4 Å². The Morgan fingerprint density at radius 3 is 2.63 bits per heavy atom. The molecule has 1 aromatic carbocycles. The second kappa shape index (κ2) is 7.58. The summed E-state index contributed by atoms with van der Waals surface area (Å²) in [5.74, 6) is 0.890. The van der Waals surface area contributed by atoms with Crippen molar-refractivity contribution in [2.24, 2.45) is 0 Å². The summed E-state index contributed by atoms with van der Waals surface area (Å²) in [6, 6.07) is 12.3. The van der Waals surface area contributed by atoms with E-state index in [0.29, 0.717) is 19.6 Å². The molecule has 0 saturated carbocycles. The van der Waals surface area contributed by atoms with Crippen LogP contribution in [0.4, 0.5) is 5.69 Å². The lowest BCUT2D eigenvalue weighted by Crippen LogP contribution is -2.55. The summed E-state index contributed by atoms with van der Waals surface area (Å²) in [5, 5.41) is 2.02. The summed E-state index contributed by atoms with van der Waals surface area (Å²) in [5.41, 5.74) is 3.17. The average Bonchev–Trinajstić information content (AvgIpc) is 3.20. The molecule has 3 heterocycles. The van der Waals surface area contributed by atoms with Gasteiger partial charge in [0.2, 0.25) is 5.91 Å². The molecule has 1 fully saturated rings. The maximum absolute atomic E-state index is 12.8. The monoisotopic (exact) mass is 378 g/mol. The number of aryl methyl sites for hydroxylation is 1. The normalized spacial score (nSPS) is 18.1. The molecule has 0 aliphatic carbocycles. The third-order valence-corrected chi connectivity index (χ3v) is 5.81. The van der Waals surface area contributed by atoms with Crippen LogP contribution in [0.1, 0.15) is 18.1 Å². The molecule has 0 radical (unpaired) electrons. The number of rotatable bonds is 4. The van der Waals surface area contributed by atoms with E-state index in [9.17, 15) is 4.79 Å². The number of amides is 1. The first-order chi connectivity index (χ1) is 13.1. The minimum Gasteiger partial charge on any atom is -0.309 e. The van der Waals surface area contributed by atoms with Crippen molar-refractivity contribution in [3.05, 3.63) is 65.3 Å². The van der Waals surface area contributed by atoms with E-state index in [1.165, 1.54) is 0 Å². The third-order valence-electron chi connectivity index (χ3n) is 4.95. The number of para-hydroxylation sites is 1. The van der Waals surface area contributed by atoms with Gasteiger partial charge in [-0.15, -0.1) is 11.3 Å². The highest BCUT2D eigenvalue weighted by Crippen LogP contribution is 2.25. The van der Waals surface area contributed by atoms with Crippen LogP contribution in [0.2, 0.25) is 0 Å². The summed E-state index contributed by atoms with van der Waals surface area (Å²) >= 11 is 1.63. The molecule has 1 aliphatic rings. The van der Waals surface area contributed by atoms with E-state index in [0.717, 1.165) is 27.5 Å². The lowest BCUT2D eigenvalue weighted by molar-refractivity contribution is -0.122. The first-order valence-electron chi connectivity index (χ1n) is 9.06. The summed E-state index contributed by atoms with van der Waals surface area (Å²) in [7, 11) is 0. The molecular weight excluding hydrogens is 356 g/mol. The van der Waals surface area contributed by atoms with E-state index in [2.05, 4.69) is 21.8 Å². The standard InChI is InChI=1S/C21H22N4OS/c1-15-6-3-4-7-18(15)25-12-16(2)24(14-20(25)26)13-17-10-22-21(23-11-17)19-8-5-9-27-19/h3-11,16H,12-14H2,1-2H3/t16-/m0/s1. The largest absolute Gasteiger partial charge is 0.309 e. The molecule has 0 N–H and O–H groups in total. The Morgan fingerprint density at radius 1 is 1.15 bits per heavy atom. The second-order valence-electron chi connectivity index (χ2n) is 6.94. The number of nitrogens with zero attached hydrogens (tertiary/aromatic N) is 4. The van der Waals surface area contributed by atoms with E-state index in [1.807, 2.05) is 66.0 Å². The van der Waals surface area contributed by atoms with Crippen LogP contribution >= 0.6 is 11.3 Å². The number of carbonyl (C=O) groups excluding carboxylic acids is 1. The number of benzene rings is 1. The van der Waals surface area contributed by atoms with Gasteiger partial charge >= 0.3 is 0 Å². The highest BCUT2D eigenvalue weighted by atomic mass is 32.1. The molecule has 5 nitrogen and oxygen atoms in total. The van der Waals surface area contributed by atoms with Crippen molar-refractivity contribution in [1.82, 2.24) is 14.9 Å². The van der Waals surface area contributed by atoms with Gasteiger partial charge in [-0.05, 0) is 36.9 Å². The molecule has 1 atom stereocenters. The van der Waals surface area contributed by atoms with E-state index >= 15 is 0 Å². The molecule has 0 unspecified atom stereocenters. The average molecular weight is 379 g/mol. The zero-order valence-corrected chi connectivity index (χ0v) is 16.3. The summed E-state index contributed by atoms with van der Waals surface area (Å²) in [6.07, 6.45) is 3.74. The number of hydrogen-bond acceptors (Lipinski definition) is 5. The summed E-state index contributed by atoms with van der Waals surface area (Å²) in [6.45, 7) is 5.99. The van der Waals surface area contributed by atoms with Gasteiger partial charge in [-0.25, -0.2) is 9.97 Å². The van der Waals surface area contributed by atoms with Gasteiger partial charge in [-0.2, -0.15) is 0 Å². The van der Waals surface area contributed by atoms with Gasteiger partial charge < -0.3 is 4.90 Å². The maximum Gasteiger partial charge on any atom is 0.241 e. The van der Waals surface area contributed by atoms with E-state index in [4.69, 9.17) is 0 Å². The van der Waals surface area contributed by atoms with Crippen LogP contribution in [-0.4, -0.2) is 39.9 Å². The second-order valence-corrected chi connectivity index (χ2v) is 7.88. The molecule has 27 heavy (non-hydrogen) atoms. The number of hydrogen-bond donors (Lipinski definition) is 0. The van der Waals surface area contributed by atoms with E-state index in [-0.39, 0.29) is 11.9 Å². The van der Waals surface area contributed by atoms with Crippen LogP contribution in [0.25, 0.3) is 10.7 Å². The Morgan fingerprint density at radius 2 is 1.93 bits per heavy atom. The molecule has 4 rings (SSSR count). The fourth-order valence-corrected chi connectivity index (χ4v) is 4.08. The summed E-state index contributed by atoms with van der Waals surface area (Å²) < 4.78 is 0. The minimum atomic E-state index is 0.138. The number of thiophene rings is 1. The van der Waals surface area contributed by atoms with Gasteiger partial charge in [-0.1, -0.05) is 24.3 Å². The highest BCUT2D eigenvalue weighted by molar-refractivity contribution is 7.13. The topological polar surface area (TPSA) is 49.3 Å². The Hall–Kier alpha value is -2.57. The molecule has 1 saturated heterocycles. The molecule has 3 aromatic rings. The predicted molar refractivity (Wildman–Crippen MR) is 109 cm³/mol. The molecule has 1 amide bonds. The number of anilines is 1. The van der Waals surface area contributed by atoms with Crippen LogP contribution in [0.5, 0.6) is 0 Å². The van der Waals surface area contributed by atoms with Crippen LogP contribution in [0, 0.1) is 6.92 Å². The fraction of sp³-hybridized carbons (Fsp3) is 0.286. The Labute approximate surface area is 163 Å². The van der Waals surface area contributed by atoms with Crippen molar-refractivity contribution in [2.75, 3.05) is 18.0 Å². The molecule has 138 valence electrons. The zero-order valence-electron chi connectivity index (χ0n) is 15.5. The fourth-order valence-electron chi connectivity index (χ4n) is 3.41. The quantitative estimate of drug-likeness (QED) is 0.694. The van der Waals surface area contributed by atoms with Gasteiger partial charge in [-0.3, -0.25) is 9.69 Å². The molecule has 2 aromatic heterocycles. The van der Waals surface area contributed by atoms with Crippen molar-refractivity contribution in [3.8, 4) is 10.7 Å². The smallest absolute Gasteiger partial charge is 0.241 e. The highest BCUT2D eigenvalue weighted by Gasteiger charge is 2.30. The Bertz CT molecular complexity index is 924. The maximum atomic E-state index is 12.8. The van der Waals surface area contributed by atoms with Crippen LogP contribution in [-0.2, 0) is 11.3 Å². The van der Waals surface area contributed by atoms with Crippen molar-refractivity contribution in [3.63, 3.8) is 0 Å². The van der Waals surface area contributed by atoms with Gasteiger partial charge in [0.15, 0.2) is 5.82 Å². The van der Waals surface area contributed by atoms with E-state index < -0.39 is 0 Å². The number of carbonyl (C=O) groups is 1. The Kier molecular flexibility index (Phi) is 5.01. The van der Waals surface area contributed by atoms with Gasteiger partial charge in [0, 0.05) is 42.8 Å². The lowest BCUT2D eigenvalue weighted by atomic mass is 10.1. The predicted octanol–water partition coefficient (Wildman–Crippen LogP) is 3.75. The lowest BCUT2D eigenvalue weighted by Gasteiger charge is -2.39. The van der Waals surface area contributed by atoms with Crippen molar-refractivity contribution in [1.29, 1.82) is 0 Å². The van der Waals surface area contributed by atoms with Crippen molar-refractivity contribution in [2.45, 2.75) is 26.4 Å². The molecule has 0 bridgehead atoms. The minimum absolute atomic E-state index is 0.138. The zero-order chi connectivity index (χ0) is 18.8. The first-order valence-corrected chi connectivity index (χ1v) is 9.94. The van der Waals surface area contributed by atoms with Crippen molar-refractivity contribution >= 4 is 22.9 Å². The molecule has 1 aliphatic heterocycles. The van der Waals surface area contributed by atoms with E-state index in [1.54, 1.807) is 11.3 Å². The number of piperazine rings is 1. The SMILES string of the molecule is Cc1ccccc1N1C[C@H](C)N(Cc2cnc(-c3cccs3)nc2)CC1=O. The van der Waals surface area contributed by atoms with Gasteiger partial charge in [0.25, 0.3) is 0 Å². The van der Waals surface area contributed by atoms with Crippen molar-refractivity contribution < 1.29 is 4.79 Å².